The van der Waals surface area contributed by atoms with Crippen LogP contribution in [0.25, 0.3) is 0 Å². The fraction of sp³-hybridized carbons (Fsp3) is 0.947. The molecule has 0 aromatic carbocycles. The molecule has 0 saturated carbocycles. The number of hydrogen-bond acceptors (Lipinski definition) is 9. The quantitative estimate of drug-likeness (QED) is 0.144. The van der Waals surface area contributed by atoms with E-state index in [1.54, 1.807) is 249 Å². The predicted octanol–water partition coefficient (Wildman–Crippen LogP) is 10.6. The molecule has 610 valence electrons. The Balaban J connectivity index is 0. The smallest absolute Gasteiger partial charge is 0.192 e. The predicted molar refractivity (Wildman–Crippen MR) is 619 cm³/mol. The summed E-state index contributed by atoms with van der Waals surface area (Å²) in [6.07, 6.45) is 11.0. The summed E-state index contributed by atoms with van der Waals surface area (Å²) < 4.78 is 26.5. The van der Waals surface area contributed by atoms with Gasteiger partial charge >= 0.3 is 0 Å². The lowest BCUT2D eigenvalue weighted by Gasteiger charge is -2.48. The molecule has 10 atom stereocenters. The van der Waals surface area contributed by atoms with Crippen molar-refractivity contribution in [1.29, 1.82) is 0 Å². The minimum Gasteiger partial charge on any atom is -0.411 e. The van der Waals surface area contributed by atoms with Crippen LogP contribution in [0.2, 0.25) is 36.3 Å². The molecular formula is C38H78O5S57Si2. The highest BCUT2D eigenvalue weighted by Crippen LogP contribution is 2.43. The maximum absolute atomic E-state index is 9.35. The van der Waals surface area contributed by atoms with Gasteiger partial charge in [-0.25, -0.2) is 0 Å². The Labute approximate surface area is 781 Å². The molecule has 0 aromatic rings. The molecule has 0 unspecified atom stereocenters. The molecular weight excluding hydrogens is 2420 g/mol. The summed E-state index contributed by atoms with van der Waals surface area (Å²) in [5, 5.41) is 9.79. The van der Waals surface area contributed by atoms with Crippen LogP contribution in [-0.4, -0.2) is 65.0 Å². The third kappa shape index (κ3) is 68.9. The average molecular weight is 2500 g/mol. The van der Waals surface area contributed by atoms with Crippen molar-refractivity contribution in [3.8, 4) is 0 Å². The molecule has 5 nitrogen and oxygen atoms in total. The second-order valence-electron chi connectivity index (χ2n) is 21.3. The lowest BCUT2D eigenvalue weighted by Crippen LogP contribution is -2.53. The number of ether oxygens (including phenoxy) is 2. The highest BCUT2D eigenvalue weighted by molar-refractivity contribution is 8.82. The van der Waals surface area contributed by atoms with Crippen molar-refractivity contribution in [3.63, 3.8) is 0 Å². The van der Waals surface area contributed by atoms with E-state index < -0.39 is 16.6 Å². The van der Waals surface area contributed by atoms with Crippen LogP contribution in [0.5, 0.6) is 0 Å². The third-order valence-electron chi connectivity index (χ3n) is 13.0. The van der Waals surface area contributed by atoms with Gasteiger partial charge < -0.3 is 23.4 Å². The first-order chi connectivity index (χ1) is 48.9. The van der Waals surface area contributed by atoms with Crippen molar-refractivity contribution in [2.75, 3.05) is 6.61 Å². The minimum atomic E-state index is -1.82. The summed E-state index contributed by atoms with van der Waals surface area (Å²) in [5.41, 5.74) is 0. The van der Waals surface area contributed by atoms with Crippen molar-refractivity contribution >= 4 is 532 Å². The zero-order valence-electron chi connectivity index (χ0n) is 56.1. The van der Waals surface area contributed by atoms with Gasteiger partial charge in [0.25, 0.3) is 0 Å². The fourth-order valence-electron chi connectivity index (χ4n) is 6.79. The second-order valence-corrected chi connectivity index (χ2v) is 125. The molecule has 1 N–H and O–H groups in total. The standard InChI is InChI=1S/C19H40O3Si.C19H38O2Si.S29.S28/c1-9-10-16-15(3)13-17(18(21-16)14(2)11-12-20)22-23(7,8)19(4,5)6;1-10-12-16-15(4)13-17(18(20-16)14(3)11-2)21-22(8,9)19(5,6)7;1-3-5-7-9-11-13-15-17-19-21-23-25-27-29-28-26-24-22-20-18-16-14-12-10-8-6-4-2;1-3-5-7-9-11-13-15-17-19-21-23-25-27-28-26-24-22-20-18-16-14-12-10-8-6-4-2/h14-18,20H,9-13H2,1-8H3;11,14-18H,2,10,12-13H2,1,3-9H3;;/t2*14-,15+,16+,17-,18-;;/m00../s1. The first-order valence-electron chi connectivity index (χ1n) is 27.6. The SMILES string of the molecule is C=C[C@H](C)[C@@H]1O[C@H](CCC)[C@H](C)C[C@@H]1O[Si](C)(C)C(C)(C)C.CCC[C@H]1O[C@@H]([C@@H](C)CCO)[C@@H](O[Si](C)(C)C(C)(C)C)C[C@H]1C.S=S=S=S=S=S=S=S=S=S=S=S=S=S=S=S=S=S=S=S=S=S=S=S=S=S=S=S.S=S=S=S=S=S=S=S=S=S=S=S=S=S=S=S=S=S=S=S=S=S=S=S=S=S=S=S=S. The maximum Gasteiger partial charge on any atom is 0.192 e. The van der Waals surface area contributed by atoms with Crippen molar-refractivity contribution in [2.45, 2.75) is 201 Å². The van der Waals surface area contributed by atoms with Gasteiger partial charge in [-0.05, 0) is 86.1 Å². The van der Waals surface area contributed by atoms with Gasteiger partial charge in [0.15, 0.2) is 16.6 Å². The van der Waals surface area contributed by atoms with Gasteiger partial charge in [0.1, 0.15) is 0 Å². The van der Waals surface area contributed by atoms with Crippen LogP contribution < -0.4 is 0 Å². The molecule has 2 fully saturated rings. The lowest BCUT2D eigenvalue weighted by atomic mass is 9.84. The molecule has 0 radical (unpaired) electrons. The van der Waals surface area contributed by atoms with Crippen molar-refractivity contribution in [2.24, 2.45) is 23.7 Å². The van der Waals surface area contributed by atoms with Gasteiger partial charge in [0.2, 0.25) is 0 Å². The van der Waals surface area contributed by atoms with Crippen LogP contribution in [0.1, 0.15) is 128 Å². The van der Waals surface area contributed by atoms with Gasteiger partial charge in [-0.1, -0.05) is 102 Å². The normalized spacial score (nSPS) is 18.1. The minimum absolute atomic E-state index is 0.115. The van der Waals surface area contributed by atoms with Crippen LogP contribution in [0.15, 0.2) is 12.7 Å². The molecule has 0 aromatic heterocycles. The summed E-state index contributed by atoms with van der Waals surface area (Å²) in [5.74, 6) is 1.79. The molecule has 0 bridgehead atoms. The van der Waals surface area contributed by atoms with E-state index in [1.807, 2.05) is 193 Å². The maximum atomic E-state index is 9.35. The third-order valence-corrected chi connectivity index (χ3v) is 135. The van der Waals surface area contributed by atoms with E-state index in [4.69, 9.17) is 63.1 Å². The molecule has 2 saturated heterocycles. The van der Waals surface area contributed by atoms with Crippen LogP contribution >= 0.6 is 0 Å². The summed E-state index contributed by atoms with van der Waals surface area (Å²) in [6, 6.07) is 0. The van der Waals surface area contributed by atoms with E-state index in [0.717, 1.165) is 38.5 Å². The topological polar surface area (TPSA) is 57.2 Å². The monoisotopic (exact) mass is 2490 g/mol. The summed E-state index contributed by atoms with van der Waals surface area (Å²) >= 11 is 19.1. The van der Waals surface area contributed by atoms with Gasteiger partial charge in [0, 0.05) is 528 Å². The molecule has 2 rings (SSSR count). The average Bonchev–Trinajstić information content (AvgIpc) is 0.802. The second kappa shape index (κ2) is 81.8. The van der Waals surface area contributed by atoms with Crippen LogP contribution in [0.4, 0.5) is 0 Å². The molecule has 0 aliphatic carbocycles. The van der Waals surface area contributed by atoms with Crippen LogP contribution in [0.3, 0.4) is 0 Å². The zero-order chi connectivity index (χ0) is 76.4. The van der Waals surface area contributed by atoms with E-state index in [2.05, 4.69) is 116 Å². The van der Waals surface area contributed by atoms with Gasteiger partial charge in [-0.15, -0.1) is 6.58 Å². The number of rotatable bonds is 13. The van der Waals surface area contributed by atoms with Gasteiger partial charge in [0.05, 0.1) is 36.6 Å². The van der Waals surface area contributed by atoms with E-state index in [-0.39, 0.29) is 41.1 Å². The molecule has 2 aliphatic heterocycles. The van der Waals surface area contributed by atoms with Gasteiger partial charge in [-0.2, -0.15) is 0 Å². The first-order valence-corrected chi connectivity index (χ1v) is 107. The molecule has 102 heavy (non-hydrogen) atoms. The Morgan fingerprint density at radius 3 is 0.765 bits per heavy atom. The fourth-order valence-corrected chi connectivity index (χ4v) is 144. The van der Waals surface area contributed by atoms with Crippen molar-refractivity contribution in [3.05, 3.63) is 12.7 Å². The Hall–Kier alpha value is 12.5. The van der Waals surface area contributed by atoms with E-state index in [9.17, 15) is 5.11 Å². The van der Waals surface area contributed by atoms with E-state index in [1.165, 1.54) is 41.9 Å². The number of aliphatic hydroxyl groups is 1. The van der Waals surface area contributed by atoms with E-state index in [0.29, 0.717) is 35.9 Å². The Morgan fingerprint density at radius 2 is 0.588 bits per heavy atom. The Bertz CT molecular complexity index is 5060. The van der Waals surface area contributed by atoms with Crippen LogP contribution in [0, 0.1) is 23.7 Å². The van der Waals surface area contributed by atoms with Crippen LogP contribution in [-0.2, 0) is 534 Å². The summed E-state index contributed by atoms with van der Waals surface area (Å²) in [7, 11) is 89.1. The largest absolute Gasteiger partial charge is 0.411 e. The number of hydrogen-bond donors (Lipinski definition) is 1. The first kappa shape index (κ1) is 117. The van der Waals surface area contributed by atoms with Crippen molar-refractivity contribution in [1.82, 2.24) is 0 Å². The Kier molecular flexibility index (Phi) is 93.5. The van der Waals surface area contributed by atoms with Gasteiger partial charge in [-0.3, -0.25) is 0 Å². The highest BCUT2D eigenvalue weighted by atomic mass is 33.5. The number of aliphatic hydroxyl groups excluding tert-OH is 1. The summed E-state index contributed by atoms with van der Waals surface area (Å²) in [4.78, 5) is 0. The molecule has 64 heteroatoms. The zero-order valence-corrected chi connectivity index (χ0v) is 105. The molecule has 0 amide bonds. The lowest BCUT2D eigenvalue weighted by molar-refractivity contribution is -0.158. The molecule has 2 heterocycles. The highest BCUT2D eigenvalue weighted by Gasteiger charge is 2.47. The Morgan fingerprint density at radius 1 is 0.392 bits per heavy atom. The van der Waals surface area contributed by atoms with Crippen molar-refractivity contribution < 1.29 is 23.4 Å². The van der Waals surface area contributed by atoms with E-state index >= 15 is 0 Å². The molecule has 2 aliphatic rings. The molecule has 0 spiro atoms. The summed E-state index contributed by atoms with van der Waals surface area (Å²) in [6.45, 7) is 40.8.